The zero-order valence-corrected chi connectivity index (χ0v) is 22.6. The van der Waals surface area contributed by atoms with Crippen molar-refractivity contribution in [2.45, 2.75) is 25.8 Å². The van der Waals surface area contributed by atoms with E-state index in [0.29, 0.717) is 22.1 Å². The smallest absolute Gasteiger partial charge is 0.319 e. The summed E-state index contributed by atoms with van der Waals surface area (Å²) in [5.41, 5.74) is 4.61. The van der Waals surface area contributed by atoms with Gasteiger partial charge < -0.3 is 14.0 Å². The number of anilines is 1. The number of ether oxygens (including phenoxy) is 2. The first kappa shape index (κ1) is 24.4. The normalized spacial score (nSPS) is 15.3. The van der Waals surface area contributed by atoms with Crippen LogP contribution in [0, 0.1) is 0 Å². The van der Waals surface area contributed by atoms with Crippen LogP contribution in [-0.2, 0) is 7.05 Å². The highest BCUT2D eigenvalue weighted by molar-refractivity contribution is 6.32. The van der Waals surface area contributed by atoms with Crippen molar-refractivity contribution in [1.82, 2.24) is 24.3 Å². The number of pyridine rings is 1. The second-order valence-corrected chi connectivity index (χ2v) is 10.2. The summed E-state index contributed by atoms with van der Waals surface area (Å²) in [5, 5.41) is 5.30. The lowest BCUT2D eigenvalue weighted by molar-refractivity contribution is 0.0988. The molecule has 6 rings (SSSR count). The predicted octanol–water partition coefficient (Wildman–Crippen LogP) is 4.54. The monoisotopic (exact) mass is 552 g/mol. The summed E-state index contributed by atoms with van der Waals surface area (Å²) in [6.45, 7) is 4.05. The number of aromatic nitrogens is 5. The van der Waals surface area contributed by atoms with Gasteiger partial charge in [0.2, 0.25) is 5.88 Å². The number of benzene rings is 1. The molecule has 2 aliphatic rings. The van der Waals surface area contributed by atoms with Crippen LogP contribution in [0.4, 0.5) is 5.69 Å². The molecule has 1 atom stereocenters. The molecule has 194 valence electrons. The molecule has 1 unspecified atom stereocenters. The molecule has 0 N–H and O–H groups in total. The van der Waals surface area contributed by atoms with E-state index < -0.39 is 6.04 Å². The van der Waals surface area contributed by atoms with Crippen LogP contribution in [0.3, 0.4) is 0 Å². The number of fused-ring (bicyclic) bond motifs is 8. The summed E-state index contributed by atoms with van der Waals surface area (Å²) in [6.07, 6.45) is 1.56. The summed E-state index contributed by atoms with van der Waals surface area (Å²) in [6, 6.07) is 6.65. The molecule has 0 saturated carbocycles. The van der Waals surface area contributed by atoms with Gasteiger partial charge in [-0.2, -0.15) is 10.1 Å². The molecule has 2 aliphatic heterocycles. The first-order chi connectivity index (χ1) is 18.2. The maximum absolute atomic E-state index is 14.1. The van der Waals surface area contributed by atoms with E-state index in [4.69, 9.17) is 37.8 Å². The van der Waals surface area contributed by atoms with Crippen molar-refractivity contribution < 1.29 is 14.3 Å². The molecule has 38 heavy (non-hydrogen) atoms. The van der Waals surface area contributed by atoms with Crippen LogP contribution in [0.15, 0.2) is 35.3 Å². The lowest BCUT2D eigenvalue weighted by Gasteiger charge is -2.36. The Hall–Kier alpha value is -3.89. The van der Waals surface area contributed by atoms with E-state index in [-0.39, 0.29) is 40.0 Å². The van der Waals surface area contributed by atoms with Crippen LogP contribution in [0.25, 0.3) is 16.9 Å². The van der Waals surface area contributed by atoms with E-state index in [1.165, 1.54) is 18.8 Å². The zero-order chi connectivity index (χ0) is 27.0. The quantitative estimate of drug-likeness (QED) is 0.366. The van der Waals surface area contributed by atoms with Crippen molar-refractivity contribution in [2.24, 2.45) is 7.05 Å². The van der Waals surface area contributed by atoms with E-state index in [1.54, 1.807) is 35.0 Å². The van der Waals surface area contributed by atoms with Gasteiger partial charge in [-0.05, 0) is 29.7 Å². The molecule has 12 heteroatoms. The molecule has 0 radical (unpaired) electrons. The molecule has 0 spiro atoms. The van der Waals surface area contributed by atoms with Gasteiger partial charge in [0.1, 0.15) is 10.7 Å². The minimum atomic E-state index is -0.512. The lowest BCUT2D eigenvalue weighted by Crippen LogP contribution is -2.36. The topological polar surface area (TPSA) is 104 Å². The minimum Gasteiger partial charge on any atom is -0.479 e. The summed E-state index contributed by atoms with van der Waals surface area (Å²) >= 11 is 12.7. The molecule has 3 aromatic heterocycles. The molecule has 10 nitrogen and oxygen atoms in total. The van der Waals surface area contributed by atoms with E-state index in [2.05, 4.69) is 9.97 Å². The Balaban J connectivity index is 1.67. The first-order valence-electron chi connectivity index (χ1n) is 11.8. The summed E-state index contributed by atoms with van der Waals surface area (Å²) in [5.74, 6) is -0.102. The van der Waals surface area contributed by atoms with Crippen molar-refractivity contribution in [3.63, 3.8) is 0 Å². The number of carbonyl (C=O) groups excluding carboxylic acids is 1. The van der Waals surface area contributed by atoms with Gasteiger partial charge in [0.25, 0.3) is 11.5 Å². The fourth-order valence-electron chi connectivity index (χ4n) is 5.41. The molecular weight excluding hydrogens is 531 g/mol. The van der Waals surface area contributed by atoms with Crippen molar-refractivity contribution in [1.29, 1.82) is 0 Å². The molecule has 0 fully saturated rings. The van der Waals surface area contributed by atoms with Gasteiger partial charge in [0.15, 0.2) is 5.69 Å². The van der Waals surface area contributed by atoms with Gasteiger partial charge in [0, 0.05) is 23.2 Å². The second kappa shape index (κ2) is 8.57. The standard InChI is InChI=1S/C26H22Cl2N6O4/c1-11(2)20-18-19(31-34(20)17-10-29-26(38-5)30-23(17)37-4)25(36)33-16-9-15(28)24(35)32(3)21(16)14-8-12(27)6-7-13(14)22(18)33/h6-11,22H,1-5H3. The first-order valence-corrected chi connectivity index (χ1v) is 12.5. The SMILES string of the molecule is COc1ncc(-n2nc3c(c2C(C)C)C2c4ccc(Cl)cc4-c4c(cc(Cl)c(=O)n4C)N2C3=O)c(OC)n1. The Morgan fingerprint density at radius 3 is 2.50 bits per heavy atom. The number of hydrogen-bond donors (Lipinski definition) is 0. The summed E-state index contributed by atoms with van der Waals surface area (Å²) in [7, 11) is 4.60. The van der Waals surface area contributed by atoms with Gasteiger partial charge in [-0.25, -0.2) is 9.67 Å². The molecular formula is C26H22Cl2N6O4. The van der Waals surface area contributed by atoms with Crippen LogP contribution in [0.2, 0.25) is 10.0 Å². The molecule has 0 saturated heterocycles. The van der Waals surface area contributed by atoms with Crippen LogP contribution in [0.1, 0.15) is 53.1 Å². The molecule has 4 aromatic rings. The maximum atomic E-state index is 14.1. The van der Waals surface area contributed by atoms with E-state index >= 15 is 0 Å². The van der Waals surface area contributed by atoms with E-state index in [0.717, 1.165) is 22.4 Å². The van der Waals surface area contributed by atoms with Gasteiger partial charge in [-0.1, -0.05) is 43.1 Å². The molecule has 0 aliphatic carbocycles. The highest BCUT2D eigenvalue weighted by Crippen LogP contribution is 2.53. The second-order valence-electron chi connectivity index (χ2n) is 9.36. The van der Waals surface area contributed by atoms with Crippen molar-refractivity contribution in [2.75, 3.05) is 19.1 Å². The number of hydrogen-bond acceptors (Lipinski definition) is 7. The Kier molecular flexibility index (Phi) is 5.51. The molecule has 1 amide bonds. The number of rotatable bonds is 4. The lowest BCUT2D eigenvalue weighted by atomic mass is 9.87. The summed E-state index contributed by atoms with van der Waals surface area (Å²) in [4.78, 5) is 37.0. The highest BCUT2D eigenvalue weighted by atomic mass is 35.5. The van der Waals surface area contributed by atoms with Crippen LogP contribution in [0.5, 0.6) is 11.9 Å². The van der Waals surface area contributed by atoms with Crippen molar-refractivity contribution >= 4 is 34.8 Å². The average molecular weight is 553 g/mol. The number of halogens is 2. The zero-order valence-electron chi connectivity index (χ0n) is 21.1. The highest BCUT2D eigenvalue weighted by Gasteiger charge is 2.49. The Labute approximate surface area is 227 Å². The van der Waals surface area contributed by atoms with Crippen LogP contribution in [-0.4, -0.2) is 44.4 Å². The predicted molar refractivity (Wildman–Crippen MR) is 142 cm³/mol. The minimum absolute atomic E-state index is 0.0158. The third-order valence-corrected chi connectivity index (χ3v) is 7.46. The Morgan fingerprint density at radius 1 is 1.05 bits per heavy atom. The van der Waals surface area contributed by atoms with E-state index in [1.807, 2.05) is 26.0 Å². The largest absolute Gasteiger partial charge is 0.479 e. The fourth-order valence-corrected chi connectivity index (χ4v) is 5.81. The van der Waals surface area contributed by atoms with Crippen LogP contribution < -0.4 is 19.9 Å². The van der Waals surface area contributed by atoms with Gasteiger partial charge in [-0.15, -0.1) is 0 Å². The van der Waals surface area contributed by atoms with E-state index in [9.17, 15) is 9.59 Å². The third-order valence-electron chi connectivity index (χ3n) is 6.95. The number of amides is 1. The van der Waals surface area contributed by atoms with Gasteiger partial charge in [-0.3, -0.25) is 14.5 Å². The average Bonchev–Trinajstić information content (AvgIpc) is 3.42. The Morgan fingerprint density at radius 2 is 1.82 bits per heavy atom. The molecule has 1 aromatic carbocycles. The van der Waals surface area contributed by atoms with Crippen molar-refractivity contribution in [3.8, 4) is 28.8 Å². The summed E-state index contributed by atoms with van der Waals surface area (Å²) < 4.78 is 13.8. The van der Waals surface area contributed by atoms with Crippen LogP contribution >= 0.6 is 23.2 Å². The number of carbonyl (C=O) groups is 1. The Bertz CT molecular complexity index is 1730. The maximum Gasteiger partial charge on any atom is 0.319 e. The van der Waals surface area contributed by atoms with Crippen molar-refractivity contribution in [3.05, 3.63) is 73.4 Å². The number of methoxy groups -OCH3 is 2. The third kappa shape index (κ3) is 3.23. The van der Waals surface area contributed by atoms with Gasteiger partial charge in [0.05, 0.1) is 43.5 Å². The molecule has 0 bridgehead atoms. The molecule has 5 heterocycles. The number of nitrogens with zero attached hydrogens (tertiary/aromatic N) is 6. The van der Waals surface area contributed by atoms with Gasteiger partial charge >= 0.3 is 6.01 Å². The fraction of sp³-hybridized carbons (Fsp3) is 0.269.